The van der Waals surface area contributed by atoms with Gasteiger partial charge in [0.25, 0.3) is 10.0 Å². The molecule has 3 atom stereocenters. The number of likely N-dealkylation sites (N-methyl/N-ethyl adjacent to an activating group) is 1. The van der Waals surface area contributed by atoms with Crippen LogP contribution in [0, 0.1) is 5.92 Å². The van der Waals surface area contributed by atoms with Crippen LogP contribution in [0.25, 0.3) is 0 Å². The summed E-state index contributed by atoms with van der Waals surface area (Å²) in [5.74, 6) is 0.406. The SMILES string of the molecule is C[C@H]1CN([C@@H](C)CO)C(=O)Cc2cc(NS(=O)(=O)c3cn(C)cn3)ccc2O[C@H]1CN(C)C. The number of ether oxygens (including phenoxy) is 1. The molecule has 0 saturated carbocycles. The quantitative estimate of drug-likeness (QED) is 0.607. The van der Waals surface area contributed by atoms with Gasteiger partial charge < -0.3 is 24.2 Å². The van der Waals surface area contributed by atoms with Crippen LogP contribution in [-0.4, -0.2) is 84.7 Å². The number of nitrogens with one attached hydrogen (secondary N) is 1. The van der Waals surface area contributed by atoms with Gasteiger partial charge in [-0.15, -0.1) is 0 Å². The van der Waals surface area contributed by atoms with E-state index in [1.165, 1.54) is 12.5 Å². The van der Waals surface area contributed by atoms with Crippen LogP contribution in [0.1, 0.15) is 19.4 Å². The number of rotatable bonds is 7. The molecule has 11 heteroatoms. The summed E-state index contributed by atoms with van der Waals surface area (Å²) in [6.07, 6.45) is 2.65. The molecule has 0 spiro atoms. The van der Waals surface area contributed by atoms with Crippen molar-refractivity contribution in [3.8, 4) is 5.75 Å². The zero-order valence-electron chi connectivity index (χ0n) is 19.7. The van der Waals surface area contributed by atoms with Crippen molar-refractivity contribution >= 4 is 21.6 Å². The van der Waals surface area contributed by atoms with E-state index in [1.807, 2.05) is 32.8 Å². The summed E-state index contributed by atoms with van der Waals surface area (Å²) in [6.45, 7) is 4.78. The fourth-order valence-corrected chi connectivity index (χ4v) is 4.84. The van der Waals surface area contributed by atoms with Gasteiger partial charge in [-0.05, 0) is 39.2 Å². The highest BCUT2D eigenvalue weighted by molar-refractivity contribution is 7.92. The summed E-state index contributed by atoms with van der Waals surface area (Å²) in [5, 5.41) is 9.60. The highest BCUT2D eigenvalue weighted by Crippen LogP contribution is 2.30. The number of anilines is 1. The molecule has 2 aromatic rings. The largest absolute Gasteiger partial charge is 0.488 e. The Morgan fingerprint density at radius 2 is 2.09 bits per heavy atom. The lowest BCUT2D eigenvalue weighted by molar-refractivity contribution is -0.134. The van der Waals surface area contributed by atoms with Crippen LogP contribution in [0.2, 0.25) is 0 Å². The zero-order valence-corrected chi connectivity index (χ0v) is 20.5. The number of imidazole rings is 1. The summed E-state index contributed by atoms with van der Waals surface area (Å²) >= 11 is 0. The van der Waals surface area contributed by atoms with E-state index in [2.05, 4.69) is 9.71 Å². The molecular weight excluding hydrogens is 446 g/mol. The summed E-state index contributed by atoms with van der Waals surface area (Å²) in [4.78, 5) is 20.8. The van der Waals surface area contributed by atoms with Gasteiger partial charge in [0.15, 0.2) is 5.03 Å². The Morgan fingerprint density at radius 1 is 1.36 bits per heavy atom. The zero-order chi connectivity index (χ0) is 24.3. The van der Waals surface area contributed by atoms with Crippen molar-refractivity contribution < 1.29 is 23.1 Å². The highest BCUT2D eigenvalue weighted by Gasteiger charge is 2.31. The molecule has 182 valence electrons. The molecule has 0 unspecified atom stereocenters. The van der Waals surface area contributed by atoms with Gasteiger partial charge in [-0.1, -0.05) is 6.92 Å². The molecule has 1 aromatic heterocycles. The number of amides is 1. The van der Waals surface area contributed by atoms with Crippen molar-refractivity contribution in [1.29, 1.82) is 0 Å². The Kier molecular flexibility index (Phi) is 7.65. The Balaban J connectivity index is 1.97. The molecule has 0 saturated heterocycles. The lowest BCUT2D eigenvalue weighted by Gasteiger charge is -2.33. The van der Waals surface area contributed by atoms with Crippen molar-refractivity contribution in [3.63, 3.8) is 0 Å². The second-order valence-corrected chi connectivity index (χ2v) is 10.6. The third kappa shape index (κ3) is 6.04. The van der Waals surface area contributed by atoms with E-state index in [0.29, 0.717) is 30.1 Å². The number of aliphatic hydroxyl groups excluding tert-OH is 1. The number of carbonyl (C=O) groups excluding carboxylic acids is 1. The van der Waals surface area contributed by atoms with E-state index in [4.69, 9.17) is 4.74 Å². The van der Waals surface area contributed by atoms with Crippen molar-refractivity contribution in [1.82, 2.24) is 19.4 Å². The topological polar surface area (TPSA) is 117 Å². The number of fused-ring (bicyclic) bond motifs is 1. The van der Waals surface area contributed by atoms with Gasteiger partial charge in [0.05, 0.1) is 25.4 Å². The minimum atomic E-state index is -3.88. The summed E-state index contributed by atoms with van der Waals surface area (Å²) in [6, 6.07) is 4.59. The van der Waals surface area contributed by atoms with E-state index >= 15 is 0 Å². The van der Waals surface area contributed by atoms with Crippen LogP contribution in [0.3, 0.4) is 0 Å². The molecule has 0 aliphatic carbocycles. The lowest BCUT2D eigenvalue weighted by atomic mass is 10.0. The first-order valence-electron chi connectivity index (χ1n) is 10.9. The molecule has 1 aromatic carbocycles. The summed E-state index contributed by atoms with van der Waals surface area (Å²) in [7, 11) is 1.72. The van der Waals surface area contributed by atoms with Crippen LogP contribution in [-0.2, 0) is 28.3 Å². The molecule has 10 nitrogen and oxygen atoms in total. The normalized spacial score (nSPS) is 20.5. The highest BCUT2D eigenvalue weighted by atomic mass is 32.2. The monoisotopic (exact) mass is 479 g/mol. The van der Waals surface area contributed by atoms with Crippen LogP contribution in [0.4, 0.5) is 5.69 Å². The first kappa shape index (κ1) is 25.0. The number of benzene rings is 1. The van der Waals surface area contributed by atoms with E-state index in [0.717, 1.165) is 0 Å². The van der Waals surface area contributed by atoms with E-state index in [1.54, 1.807) is 34.7 Å². The first-order chi connectivity index (χ1) is 15.5. The van der Waals surface area contributed by atoms with Crippen molar-refractivity contribution in [2.75, 3.05) is 38.5 Å². The lowest BCUT2D eigenvalue weighted by Crippen LogP contribution is -2.47. The van der Waals surface area contributed by atoms with E-state index in [9.17, 15) is 18.3 Å². The molecule has 33 heavy (non-hydrogen) atoms. The standard InChI is InChI=1S/C22H33N5O5S/c1-15-10-27(16(2)13-28)22(29)9-17-8-18(6-7-19(17)32-20(15)11-25(3)4)24-33(30,31)21-12-26(5)14-23-21/h6-8,12,14-16,20,24,28H,9-11,13H2,1-5H3/t15-,16-,20-/m0/s1. The number of nitrogens with zero attached hydrogens (tertiary/aromatic N) is 4. The van der Waals surface area contributed by atoms with Gasteiger partial charge in [0.1, 0.15) is 11.9 Å². The van der Waals surface area contributed by atoms with Gasteiger partial charge in [0.2, 0.25) is 5.91 Å². The van der Waals surface area contributed by atoms with Crippen LogP contribution in [0.15, 0.2) is 35.7 Å². The van der Waals surface area contributed by atoms with Gasteiger partial charge in [-0.25, -0.2) is 4.98 Å². The minimum Gasteiger partial charge on any atom is -0.488 e. The summed E-state index contributed by atoms with van der Waals surface area (Å²) in [5.41, 5.74) is 0.892. The second kappa shape index (κ2) is 10.1. The molecule has 0 radical (unpaired) electrons. The molecule has 1 amide bonds. The van der Waals surface area contributed by atoms with Crippen molar-refractivity contribution in [2.24, 2.45) is 13.0 Å². The molecule has 3 rings (SSSR count). The number of sulfonamides is 1. The Hall–Kier alpha value is -2.63. The third-order valence-corrected chi connectivity index (χ3v) is 6.94. The van der Waals surface area contributed by atoms with Crippen LogP contribution < -0.4 is 9.46 Å². The summed E-state index contributed by atoms with van der Waals surface area (Å²) < 4.78 is 35.8. The Bertz CT molecular complexity index is 1080. The Morgan fingerprint density at radius 3 is 2.70 bits per heavy atom. The number of aryl methyl sites for hydroxylation is 1. The molecular formula is C22H33N5O5S. The van der Waals surface area contributed by atoms with Gasteiger partial charge in [-0.3, -0.25) is 9.52 Å². The number of aliphatic hydroxyl groups is 1. The minimum absolute atomic E-state index is 0.0126. The molecule has 2 N–H and O–H groups in total. The predicted octanol–water partition coefficient (Wildman–Crippen LogP) is 0.932. The Labute approximate surface area is 195 Å². The first-order valence-corrected chi connectivity index (χ1v) is 12.3. The van der Waals surface area contributed by atoms with Crippen molar-refractivity contribution in [2.45, 2.75) is 37.4 Å². The predicted molar refractivity (Wildman–Crippen MR) is 125 cm³/mol. The van der Waals surface area contributed by atoms with Crippen molar-refractivity contribution in [3.05, 3.63) is 36.3 Å². The number of hydrogen-bond donors (Lipinski definition) is 2. The maximum Gasteiger partial charge on any atom is 0.280 e. The van der Waals surface area contributed by atoms with Gasteiger partial charge >= 0.3 is 0 Å². The fourth-order valence-electron chi connectivity index (χ4n) is 3.81. The van der Waals surface area contributed by atoms with Gasteiger partial charge in [0, 0.05) is 43.5 Å². The third-order valence-electron chi connectivity index (χ3n) is 5.67. The molecule has 2 heterocycles. The molecule has 0 bridgehead atoms. The van der Waals surface area contributed by atoms with E-state index < -0.39 is 10.0 Å². The van der Waals surface area contributed by atoms with Crippen LogP contribution >= 0.6 is 0 Å². The molecule has 1 aliphatic rings. The maximum atomic E-state index is 13.2. The number of hydrogen-bond acceptors (Lipinski definition) is 7. The van der Waals surface area contributed by atoms with Gasteiger partial charge in [-0.2, -0.15) is 8.42 Å². The van der Waals surface area contributed by atoms with E-state index in [-0.39, 0.29) is 42.0 Å². The number of aromatic nitrogens is 2. The number of carbonyl (C=O) groups is 1. The fraction of sp³-hybridized carbons (Fsp3) is 0.545. The maximum absolute atomic E-state index is 13.2. The second-order valence-electron chi connectivity index (χ2n) is 8.96. The molecule has 1 aliphatic heterocycles. The average molecular weight is 480 g/mol. The molecule has 0 fully saturated rings. The smallest absolute Gasteiger partial charge is 0.280 e. The average Bonchev–Trinajstić information content (AvgIpc) is 3.19. The van der Waals surface area contributed by atoms with Crippen LogP contribution in [0.5, 0.6) is 5.75 Å².